The molecule has 1 atom stereocenters. The minimum Gasteiger partial charge on any atom is -0.326 e. The maximum absolute atomic E-state index is 12.3. The third-order valence-electron chi connectivity index (χ3n) is 3.69. The number of hydrogen-bond donors (Lipinski definition) is 2. The molecule has 4 heteroatoms. The Morgan fingerprint density at radius 1 is 1.35 bits per heavy atom. The molecule has 0 saturated carbocycles. The third-order valence-corrected chi connectivity index (χ3v) is 4.82. The Morgan fingerprint density at radius 2 is 2.05 bits per heavy atom. The first kappa shape index (κ1) is 15.4. The van der Waals surface area contributed by atoms with Crippen molar-refractivity contribution in [3.63, 3.8) is 0 Å². The summed E-state index contributed by atoms with van der Waals surface area (Å²) in [5.74, 6) is 2.31. The van der Waals surface area contributed by atoms with Gasteiger partial charge in [-0.2, -0.15) is 11.8 Å². The van der Waals surface area contributed by atoms with E-state index >= 15 is 0 Å². The molecule has 1 aromatic carbocycles. The molecule has 0 aromatic heterocycles. The smallest absolute Gasteiger partial charge is 0.225 e. The maximum Gasteiger partial charge on any atom is 0.225 e. The lowest BCUT2D eigenvalue weighted by atomic mass is 10.0. The van der Waals surface area contributed by atoms with Crippen LogP contribution in [-0.2, 0) is 17.6 Å². The highest BCUT2D eigenvalue weighted by Gasteiger charge is 2.18. The number of hydrogen-bond acceptors (Lipinski definition) is 3. The Bertz CT molecular complexity index is 434. The van der Waals surface area contributed by atoms with Crippen LogP contribution >= 0.6 is 11.8 Å². The van der Waals surface area contributed by atoms with Gasteiger partial charge < -0.3 is 10.6 Å². The number of aryl methyl sites for hydroxylation is 2. The van der Waals surface area contributed by atoms with Gasteiger partial charge in [0.1, 0.15) is 0 Å². The van der Waals surface area contributed by atoms with Crippen molar-refractivity contribution in [2.75, 3.05) is 23.4 Å². The quantitative estimate of drug-likeness (QED) is 0.877. The molecular formula is C16H24N2OS. The summed E-state index contributed by atoms with van der Waals surface area (Å²) in [7, 11) is 0. The SMILES string of the molecule is CCc1cccc(CC)c1NC(=O)CC1CSCCN1. The number of amides is 1. The number of anilines is 1. The van der Waals surface area contributed by atoms with Crippen LogP contribution in [-0.4, -0.2) is 30.0 Å². The zero-order valence-electron chi connectivity index (χ0n) is 12.4. The lowest BCUT2D eigenvalue weighted by molar-refractivity contribution is -0.116. The van der Waals surface area contributed by atoms with Crippen LogP contribution < -0.4 is 10.6 Å². The number of rotatable bonds is 5. The summed E-state index contributed by atoms with van der Waals surface area (Å²) >= 11 is 1.92. The predicted octanol–water partition coefficient (Wildman–Crippen LogP) is 2.85. The number of carbonyl (C=O) groups is 1. The van der Waals surface area contributed by atoms with E-state index < -0.39 is 0 Å². The summed E-state index contributed by atoms with van der Waals surface area (Å²) in [4.78, 5) is 12.3. The Morgan fingerprint density at radius 3 is 2.60 bits per heavy atom. The molecule has 2 rings (SSSR count). The van der Waals surface area contributed by atoms with Gasteiger partial charge in [-0.3, -0.25) is 4.79 Å². The number of thioether (sulfide) groups is 1. The molecule has 20 heavy (non-hydrogen) atoms. The maximum atomic E-state index is 12.3. The number of benzene rings is 1. The van der Waals surface area contributed by atoms with Crippen molar-refractivity contribution in [1.82, 2.24) is 5.32 Å². The Labute approximate surface area is 125 Å². The molecule has 1 heterocycles. The van der Waals surface area contributed by atoms with Gasteiger partial charge in [0.05, 0.1) is 0 Å². The zero-order valence-corrected chi connectivity index (χ0v) is 13.2. The molecule has 0 radical (unpaired) electrons. The van der Waals surface area contributed by atoms with Gasteiger partial charge in [0.15, 0.2) is 0 Å². The summed E-state index contributed by atoms with van der Waals surface area (Å²) in [5, 5.41) is 6.55. The third kappa shape index (κ3) is 4.00. The number of carbonyl (C=O) groups excluding carboxylic acids is 1. The second-order valence-corrected chi connectivity index (χ2v) is 6.29. The van der Waals surface area contributed by atoms with Crippen LogP contribution in [0.15, 0.2) is 18.2 Å². The zero-order chi connectivity index (χ0) is 14.4. The molecule has 1 aromatic rings. The first-order valence-electron chi connectivity index (χ1n) is 7.46. The highest BCUT2D eigenvalue weighted by Crippen LogP contribution is 2.23. The molecule has 0 spiro atoms. The van der Waals surface area contributed by atoms with Gasteiger partial charge in [-0.15, -0.1) is 0 Å². The van der Waals surface area contributed by atoms with E-state index in [1.54, 1.807) is 0 Å². The minimum absolute atomic E-state index is 0.126. The highest BCUT2D eigenvalue weighted by molar-refractivity contribution is 7.99. The fourth-order valence-corrected chi connectivity index (χ4v) is 3.52. The van der Waals surface area contributed by atoms with Crippen LogP contribution in [0.1, 0.15) is 31.4 Å². The van der Waals surface area contributed by atoms with Gasteiger partial charge >= 0.3 is 0 Å². The van der Waals surface area contributed by atoms with Crippen LogP contribution in [0.5, 0.6) is 0 Å². The summed E-state index contributed by atoms with van der Waals surface area (Å²) < 4.78 is 0. The Balaban J connectivity index is 2.02. The van der Waals surface area contributed by atoms with Crippen molar-refractivity contribution in [2.24, 2.45) is 0 Å². The van der Waals surface area contributed by atoms with Gasteiger partial charge in [-0.1, -0.05) is 32.0 Å². The lowest BCUT2D eigenvalue weighted by Crippen LogP contribution is -2.40. The summed E-state index contributed by atoms with van der Waals surface area (Å²) in [6.45, 7) is 5.27. The van der Waals surface area contributed by atoms with E-state index in [4.69, 9.17) is 0 Å². The van der Waals surface area contributed by atoms with Crippen LogP contribution in [0.4, 0.5) is 5.69 Å². The first-order chi connectivity index (χ1) is 9.74. The highest BCUT2D eigenvalue weighted by atomic mass is 32.2. The van der Waals surface area contributed by atoms with Gasteiger partial charge in [-0.25, -0.2) is 0 Å². The average molecular weight is 292 g/mol. The largest absolute Gasteiger partial charge is 0.326 e. The van der Waals surface area contributed by atoms with Crippen molar-refractivity contribution in [3.05, 3.63) is 29.3 Å². The lowest BCUT2D eigenvalue weighted by Gasteiger charge is -2.23. The second kappa shape index (κ2) is 7.70. The Hall–Kier alpha value is -1.000. The van der Waals surface area contributed by atoms with Gasteiger partial charge in [0.25, 0.3) is 0 Å². The summed E-state index contributed by atoms with van der Waals surface area (Å²) in [6.07, 6.45) is 2.45. The molecule has 1 fully saturated rings. The molecule has 0 bridgehead atoms. The van der Waals surface area contributed by atoms with E-state index in [0.29, 0.717) is 12.5 Å². The standard InChI is InChI=1S/C16H24N2OS/c1-3-12-6-5-7-13(4-2)16(12)18-15(19)10-14-11-20-9-8-17-14/h5-7,14,17H,3-4,8-11H2,1-2H3,(H,18,19). The van der Waals surface area contributed by atoms with Crippen molar-refractivity contribution in [1.29, 1.82) is 0 Å². The molecule has 3 nitrogen and oxygen atoms in total. The van der Waals surface area contributed by atoms with Crippen LogP contribution in [0.2, 0.25) is 0 Å². The van der Waals surface area contributed by atoms with Crippen LogP contribution in [0.3, 0.4) is 0 Å². The normalized spacial score (nSPS) is 18.8. The fraction of sp³-hybridized carbons (Fsp3) is 0.562. The van der Waals surface area contributed by atoms with Gasteiger partial charge in [-0.05, 0) is 24.0 Å². The fourth-order valence-electron chi connectivity index (χ4n) is 2.57. The monoisotopic (exact) mass is 292 g/mol. The number of nitrogens with one attached hydrogen (secondary N) is 2. The predicted molar refractivity (Wildman–Crippen MR) is 87.6 cm³/mol. The Kier molecular flexibility index (Phi) is 5.92. The molecular weight excluding hydrogens is 268 g/mol. The molecule has 1 saturated heterocycles. The molecule has 2 N–H and O–H groups in total. The van der Waals surface area contributed by atoms with E-state index in [1.807, 2.05) is 11.8 Å². The van der Waals surface area contributed by atoms with Crippen molar-refractivity contribution in [3.8, 4) is 0 Å². The summed E-state index contributed by atoms with van der Waals surface area (Å²) in [5.41, 5.74) is 3.48. The van der Waals surface area contributed by atoms with Crippen molar-refractivity contribution in [2.45, 2.75) is 39.2 Å². The second-order valence-electron chi connectivity index (χ2n) is 5.14. The van der Waals surface area contributed by atoms with E-state index in [0.717, 1.165) is 36.6 Å². The first-order valence-corrected chi connectivity index (χ1v) is 8.61. The van der Waals surface area contributed by atoms with Crippen LogP contribution in [0, 0.1) is 0 Å². The summed E-state index contributed by atoms with van der Waals surface area (Å²) in [6, 6.07) is 6.59. The molecule has 1 unspecified atom stereocenters. The molecule has 1 aliphatic rings. The average Bonchev–Trinajstić information content (AvgIpc) is 2.48. The molecule has 0 aliphatic carbocycles. The minimum atomic E-state index is 0.126. The van der Waals surface area contributed by atoms with Gasteiger partial charge in [0, 0.05) is 36.2 Å². The van der Waals surface area contributed by atoms with E-state index in [1.165, 1.54) is 11.1 Å². The van der Waals surface area contributed by atoms with Gasteiger partial charge in [0.2, 0.25) is 5.91 Å². The van der Waals surface area contributed by atoms with Crippen molar-refractivity contribution < 1.29 is 4.79 Å². The van der Waals surface area contributed by atoms with E-state index in [2.05, 4.69) is 42.7 Å². The molecule has 110 valence electrons. The van der Waals surface area contributed by atoms with Crippen molar-refractivity contribution >= 4 is 23.4 Å². The van der Waals surface area contributed by atoms with Crippen LogP contribution in [0.25, 0.3) is 0 Å². The van der Waals surface area contributed by atoms with E-state index in [9.17, 15) is 4.79 Å². The van der Waals surface area contributed by atoms with E-state index in [-0.39, 0.29) is 5.91 Å². The number of para-hydroxylation sites is 1. The molecule has 1 amide bonds. The topological polar surface area (TPSA) is 41.1 Å². The molecule has 1 aliphatic heterocycles.